The van der Waals surface area contributed by atoms with Gasteiger partial charge in [0.1, 0.15) is 0 Å². The van der Waals surface area contributed by atoms with Crippen LogP contribution in [0.25, 0.3) is 0 Å². The third-order valence-electron chi connectivity index (χ3n) is 3.00. The van der Waals surface area contributed by atoms with Crippen molar-refractivity contribution in [3.8, 4) is 0 Å². The van der Waals surface area contributed by atoms with Gasteiger partial charge in [0.2, 0.25) is 5.91 Å². The third-order valence-corrected chi connectivity index (χ3v) is 3.00. The van der Waals surface area contributed by atoms with Crippen LogP contribution in [-0.2, 0) is 4.79 Å². The van der Waals surface area contributed by atoms with Gasteiger partial charge in [-0.15, -0.1) is 0 Å². The number of nitrogens with two attached hydrogens (primary N) is 1. The Bertz CT molecular complexity index is 222. The number of hydrogen-bond acceptors (Lipinski definition) is 4. The van der Waals surface area contributed by atoms with Gasteiger partial charge in [0, 0.05) is 32.2 Å². The molecule has 94 valence electrons. The van der Waals surface area contributed by atoms with Crippen molar-refractivity contribution in [3.63, 3.8) is 0 Å². The highest BCUT2D eigenvalue weighted by Crippen LogP contribution is 2.07. The zero-order valence-corrected chi connectivity index (χ0v) is 10.4. The van der Waals surface area contributed by atoms with Gasteiger partial charge in [-0.25, -0.2) is 0 Å². The van der Waals surface area contributed by atoms with E-state index in [4.69, 9.17) is 5.73 Å². The number of nitrogens with zero attached hydrogens (tertiary/aromatic N) is 2. The quantitative estimate of drug-likeness (QED) is 0.654. The lowest BCUT2D eigenvalue weighted by molar-refractivity contribution is -0.122. The number of rotatable bonds is 4. The normalized spacial score (nSPS) is 24.1. The van der Waals surface area contributed by atoms with Crippen LogP contribution in [0.4, 0.5) is 0 Å². The molecule has 0 saturated carbocycles. The largest absolute Gasteiger partial charge is 0.354 e. The van der Waals surface area contributed by atoms with Gasteiger partial charge in [0.15, 0.2) is 0 Å². The van der Waals surface area contributed by atoms with Crippen LogP contribution in [0, 0.1) is 0 Å². The molecular formula is C11H24N4O. The number of hydrogen-bond donors (Lipinski definition) is 2. The Labute approximate surface area is 98.0 Å². The summed E-state index contributed by atoms with van der Waals surface area (Å²) in [5, 5.41) is 2.81. The van der Waals surface area contributed by atoms with E-state index in [1.165, 1.54) is 0 Å². The predicted molar refractivity (Wildman–Crippen MR) is 65.2 cm³/mol. The molecule has 16 heavy (non-hydrogen) atoms. The van der Waals surface area contributed by atoms with Crippen molar-refractivity contribution in [2.75, 3.05) is 46.3 Å². The minimum absolute atomic E-state index is 0.0850. The molecule has 1 aliphatic rings. The Morgan fingerprint density at radius 2 is 2.25 bits per heavy atom. The zero-order chi connectivity index (χ0) is 12.0. The minimum atomic E-state index is 0.0850. The van der Waals surface area contributed by atoms with Crippen LogP contribution in [0.2, 0.25) is 0 Å². The molecule has 1 heterocycles. The summed E-state index contributed by atoms with van der Waals surface area (Å²) < 4.78 is 0. The maximum absolute atomic E-state index is 11.6. The van der Waals surface area contributed by atoms with E-state index in [1.54, 1.807) is 0 Å². The SMILES string of the molecule is CC1CN(C)CCCN1CC(=O)NCCN. The second kappa shape index (κ2) is 6.83. The summed E-state index contributed by atoms with van der Waals surface area (Å²) in [6.07, 6.45) is 1.13. The molecule has 5 nitrogen and oxygen atoms in total. The molecular weight excluding hydrogens is 204 g/mol. The van der Waals surface area contributed by atoms with Crippen molar-refractivity contribution < 1.29 is 4.79 Å². The summed E-state index contributed by atoms with van der Waals surface area (Å²) in [5.74, 6) is 0.0850. The molecule has 0 aliphatic carbocycles. The summed E-state index contributed by atoms with van der Waals surface area (Å²) in [5.41, 5.74) is 5.35. The molecule has 0 bridgehead atoms. The summed E-state index contributed by atoms with van der Waals surface area (Å²) in [7, 11) is 2.13. The lowest BCUT2D eigenvalue weighted by Gasteiger charge is -2.27. The minimum Gasteiger partial charge on any atom is -0.354 e. The molecule has 1 saturated heterocycles. The highest BCUT2D eigenvalue weighted by molar-refractivity contribution is 5.78. The van der Waals surface area contributed by atoms with Crippen LogP contribution >= 0.6 is 0 Å². The van der Waals surface area contributed by atoms with Gasteiger partial charge in [-0.3, -0.25) is 9.69 Å². The molecule has 0 radical (unpaired) electrons. The van der Waals surface area contributed by atoms with E-state index in [-0.39, 0.29) is 5.91 Å². The molecule has 1 aliphatic heterocycles. The number of nitrogens with one attached hydrogen (secondary N) is 1. The fourth-order valence-corrected chi connectivity index (χ4v) is 2.11. The Hall–Kier alpha value is -0.650. The first-order chi connectivity index (χ1) is 7.63. The first-order valence-corrected chi connectivity index (χ1v) is 6.03. The van der Waals surface area contributed by atoms with E-state index in [0.717, 1.165) is 26.1 Å². The van der Waals surface area contributed by atoms with Gasteiger partial charge in [-0.2, -0.15) is 0 Å². The molecule has 1 amide bonds. The van der Waals surface area contributed by atoms with E-state index in [2.05, 4.69) is 29.1 Å². The van der Waals surface area contributed by atoms with Crippen LogP contribution in [0.5, 0.6) is 0 Å². The highest BCUT2D eigenvalue weighted by Gasteiger charge is 2.21. The second-order valence-electron chi connectivity index (χ2n) is 4.57. The molecule has 1 rings (SSSR count). The van der Waals surface area contributed by atoms with Crippen LogP contribution in [-0.4, -0.2) is 68.1 Å². The predicted octanol–water partition coefficient (Wildman–Crippen LogP) is -0.913. The van der Waals surface area contributed by atoms with Crippen LogP contribution in [0.3, 0.4) is 0 Å². The number of likely N-dealkylation sites (N-methyl/N-ethyl adjacent to an activating group) is 1. The Balaban J connectivity index is 2.36. The zero-order valence-electron chi connectivity index (χ0n) is 10.4. The number of carbonyl (C=O) groups is 1. The number of amides is 1. The number of carbonyl (C=O) groups excluding carboxylic acids is 1. The molecule has 5 heteroatoms. The standard InChI is InChI=1S/C11H24N4O/c1-10-8-14(2)6-3-7-15(10)9-11(16)13-5-4-12/h10H,3-9,12H2,1-2H3,(H,13,16). The van der Waals surface area contributed by atoms with E-state index in [1.807, 2.05) is 0 Å². The van der Waals surface area contributed by atoms with Crippen molar-refractivity contribution in [2.45, 2.75) is 19.4 Å². The summed E-state index contributed by atoms with van der Waals surface area (Å²) in [6.45, 7) is 6.90. The van der Waals surface area contributed by atoms with E-state index in [0.29, 0.717) is 25.7 Å². The smallest absolute Gasteiger partial charge is 0.234 e. The van der Waals surface area contributed by atoms with Crippen molar-refractivity contribution >= 4 is 5.91 Å². The van der Waals surface area contributed by atoms with Gasteiger partial charge >= 0.3 is 0 Å². The molecule has 0 spiro atoms. The lowest BCUT2D eigenvalue weighted by atomic mass is 10.2. The first kappa shape index (κ1) is 13.4. The fourth-order valence-electron chi connectivity index (χ4n) is 2.11. The molecule has 1 atom stereocenters. The third kappa shape index (κ3) is 4.47. The molecule has 1 fully saturated rings. The highest BCUT2D eigenvalue weighted by atomic mass is 16.2. The van der Waals surface area contributed by atoms with Gasteiger partial charge < -0.3 is 16.0 Å². The molecule has 3 N–H and O–H groups in total. The van der Waals surface area contributed by atoms with Crippen LogP contribution in [0.1, 0.15) is 13.3 Å². The van der Waals surface area contributed by atoms with Crippen molar-refractivity contribution in [2.24, 2.45) is 5.73 Å². The molecule has 0 aromatic carbocycles. The van der Waals surface area contributed by atoms with Gasteiger partial charge in [-0.1, -0.05) is 0 Å². The lowest BCUT2D eigenvalue weighted by Crippen LogP contribution is -2.44. The average Bonchev–Trinajstić information content (AvgIpc) is 2.38. The second-order valence-corrected chi connectivity index (χ2v) is 4.57. The Morgan fingerprint density at radius 3 is 2.94 bits per heavy atom. The maximum atomic E-state index is 11.6. The van der Waals surface area contributed by atoms with Gasteiger partial charge in [-0.05, 0) is 26.9 Å². The monoisotopic (exact) mass is 228 g/mol. The Kier molecular flexibility index (Phi) is 5.73. The average molecular weight is 228 g/mol. The van der Waals surface area contributed by atoms with E-state index < -0.39 is 0 Å². The topological polar surface area (TPSA) is 61.6 Å². The van der Waals surface area contributed by atoms with Crippen molar-refractivity contribution in [1.29, 1.82) is 0 Å². The van der Waals surface area contributed by atoms with Crippen LogP contribution in [0.15, 0.2) is 0 Å². The molecule has 0 aromatic rings. The van der Waals surface area contributed by atoms with Crippen molar-refractivity contribution in [1.82, 2.24) is 15.1 Å². The summed E-state index contributed by atoms with van der Waals surface area (Å²) >= 11 is 0. The van der Waals surface area contributed by atoms with E-state index in [9.17, 15) is 4.79 Å². The molecule has 1 unspecified atom stereocenters. The van der Waals surface area contributed by atoms with Crippen LogP contribution < -0.4 is 11.1 Å². The maximum Gasteiger partial charge on any atom is 0.234 e. The Morgan fingerprint density at radius 1 is 1.50 bits per heavy atom. The summed E-state index contributed by atoms with van der Waals surface area (Å²) in [4.78, 5) is 16.2. The van der Waals surface area contributed by atoms with Crippen molar-refractivity contribution in [3.05, 3.63) is 0 Å². The molecule has 0 aromatic heterocycles. The van der Waals surface area contributed by atoms with Gasteiger partial charge in [0.25, 0.3) is 0 Å². The van der Waals surface area contributed by atoms with Gasteiger partial charge in [0.05, 0.1) is 6.54 Å². The fraction of sp³-hybridized carbons (Fsp3) is 0.909. The van der Waals surface area contributed by atoms with E-state index >= 15 is 0 Å². The first-order valence-electron chi connectivity index (χ1n) is 6.03. The summed E-state index contributed by atoms with van der Waals surface area (Å²) in [6, 6.07) is 0.441.